The second-order valence-corrected chi connectivity index (χ2v) is 8.30. The summed E-state index contributed by atoms with van der Waals surface area (Å²) >= 11 is 7.20. The molecule has 3 aromatic rings. The SMILES string of the molecule is CCOC(=O)C1=C(O)/C(=C/c2cn(CC)c3ccccc23)SC1=Nc1ccc(Cl)cc1. The first-order valence-corrected chi connectivity index (χ1v) is 11.1. The van der Waals surface area contributed by atoms with Crippen molar-refractivity contribution in [2.45, 2.75) is 20.4 Å². The average molecular weight is 453 g/mol. The van der Waals surface area contributed by atoms with Crippen LogP contribution in [0.1, 0.15) is 19.4 Å². The zero-order valence-electron chi connectivity index (χ0n) is 17.1. The van der Waals surface area contributed by atoms with Gasteiger partial charge in [0.2, 0.25) is 0 Å². The number of carbonyl (C=O) groups is 1. The van der Waals surface area contributed by atoms with Crippen LogP contribution in [0, 0.1) is 0 Å². The van der Waals surface area contributed by atoms with Gasteiger partial charge in [-0.25, -0.2) is 9.79 Å². The van der Waals surface area contributed by atoms with E-state index < -0.39 is 5.97 Å². The molecule has 0 radical (unpaired) electrons. The Morgan fingerprint density at radius 2 is 1.94 bits per heavy atom. The van der Waals surface area contributed by atoms with Crippen LogP contribution in [-0.4, -0.2) is 27.3 Å². The molecule has 1 aliphatic heterocycles. The summed E-state index contributed by atoms with van der Waals surface area (Å²) in [4.78, 5) is 17.7. The van der Waals surface area contributed by atoms with Crippen LogP contribution in [-0.2, 0) is 16.1 Å². The van der Waals surface area contributed by atoms with Crippen molar-refractivity contribution in [3.05, 3.63) is 81.6 Å². The van der Waals surface area contributed by atoms with Crippen LogP contribution in [0.2, 0.25) is 5.02 Å². The summed E-state index contributed by atoms with van der Waals surface area (Å²) in [6.45, 7) is 4.85. The van der Waals surface area contributed by atoms with Gasteiger partial charge in [0.25, 0.3) is 0 Å². The van der Waals surface area contributed by atoms with Gasteiger partial charge < -0.3 is 14.4 Å². The third-order valence-electron chi connectivity index (χ3n) is 4.87. The fourth-order valence-corrected chi connectivity index (χ4v) is 4.57. The Hall–Kier alpha value is -2.96. The monoisotopic (exact) mass is 452 g/mol. The van der Waals surface area contributed by atoms with Crippen LogP contribution >= 0.6 is 23.4 Å². The van der Waals surface area contributed by atoms with Gasteiger partial charge in [-0.3, -0.25) is 0 Å². The zero-order chi connectivity index (χ0) is 22.0. The summed E-state index contributed by atoms with van der Waals surface area (Å²) in [5.74, 6) is -0.718. The number of thioether (sulfide) groups is 1. The van der Waals surface area contributed by atoms with Gasteiger partial charge in [-0.2, -0.15) is 0 Å². The number of para-hydroxylation sites is 1. The molecule has 0 saturated heterocycles. The van der Waals surface area contributed by atoms with E-state index in [0.29, 0.717) is 20.7 Å². The van der Waals surface area contributed by atoms with E-state index in [1.165, 1.54) is 11.8 Å². The van der Waals surface area contributed by atoms with Gasteiger partial charge in [0.15, 0.2) is 0 Å². The lowest BCUT2D eigenvalue weighted by molar-refractivity contribution is -0.138. The highest BCUT2D eigenvalue weighted by Gasteiger charge is 2.33. The second-order valence-electron chi connectivity index (χ2n) is 6.84. The molecule has 1 aromatic heterocycles. The first kappa shape index (κ1) is 21.3. The smallest absolute Gasteiger partial charge is 0.344 e. The number of halogens is 1. The van der Waals surface area contributed by atoms with Crippen molar-refractivity contribution in [3.63, 3.8) is 0 Å². The van der Waals surface area contributed by atoms with Crippen LogP contribution in [0.25, 0.3) is 17.0 Å². The Bertz CT molecular complexity index is 1240. The fraction of sp³-hybridized carbons (Fsp3) is 0.167. The highest BCUT2D eigenvalue weighted by molar-refractivity contribution is 8.18. The molecule has 0 fully saturated rings. The molecular formula is C24H21ClN2O3S. The molecule has 0 amide bonds. The summed E-state index contributed by atoms with van der Waals surface area (Å²) in [6, 6.07) is 15.1. The number of aliphatic hydroxyl groups is 1. The Labute approximate surface area is 189 Å². The number of carbonyl (C=O) groups excluding carboxylic acids is 1. The fourth-order valence-electron chi connectivity index (χ4n) is 3.42. The number of aromatic nitrogens is 1. The number of hydrogen-bond acceptors (Lipinski definition) is 5. The van der Waals surface area contributed by atoms with Crippen LogP contribution in [0.15, 0.2) is 76.0 Å². The maximum Gasteiger partial charge on any atom is 0.344 e. The summed E-state index contributed by atoms with van der Waals surface area (Å²) in [6.07, 6.45) is 3.93. The Balaban J connectivity index is 1.81. The zero-order valence-corrected chi connectivity index (χ0v) is 18.7. The molecule has 0 atom stereocenters. The highest BCUT2D eigenvalue weighted by atomic mass is 35.5. The van der Waals surface area contributed by atoms with Crippen LogP contribution < -0.4 is 0 Å². The lowest BCUT2D eigenvalue weighted by Crippen LogP contribution is -2.12. The van der Waals surface area contributed by atoms with Crippen LogP contribution in [0.4, 0.5) is 5.69 Å². The van der Waals surface area contributed by atoms with E-state index in [9.17, 15) is 9.90 Å². The first-order chi connectivity index (χ1) is 15.0. The third kappa shape index (κ3) is 4.27. The molecular weight excluding hydrogens is 432 g/mol. The minimum Gasteiger partial charge on any atom is -0.506 e. The molecule has 0 saturated carbocycles. The summed E-state index contributed by atoms with van der Waals surface area (Å²) in [5.41, 5.74) is 2.78. The van der Waals surface area contributed by atoms with Gasteiger partial charge in [0.05, 0.1) is 17.2 Å². The first-order valence-electron chi connectivity index (χ1n) is 9.94. The van der Waals surface area contributed by atoms with Gasteiger partial charge in [0, 0.05) is 34.2 Å². The Morgan fingerprint density at radius 3 is 2.65 bits per heavy atom. The predicted molar refractivity (Wildman–Crippen MR) is 128 cm³/mol. The molecule has 1 N–H and O–H groups in total. The van der Waals surface area contributed by atoms with E-state index >= 15 is 0 Å². The molecule has 5 nitrogen and oxygen atoms in total. The maximum atomic E-state index is 12.6. The van der Waals surface area contributed by atoms with E-state index in [1.54, 1.807) is 31.2 Å². The number of fused-ring (bicyclic) bond motifs is 1. The summed E-state index contributed by atoms with van der Waals surface area (Å²) < 4.78 is 7.32. The Morgan fingerprint density at radius 1 is 1.19 bits per heavy atom. The van der Waals surface area contributed by atoms with Gasteiger partial charge in [-0.15, -0.1) is 0 Å². The number of benzene rings is 2. The lowest BCUT2D eigenvalue weighted by atomic mass is 10.1. The molecule has 0 aliphatic carbocycles. The minimum absolute atomic E-state index is 0.0762. The van der Waals surface area contributed by atoms with Crippen molar-refractivity contribution >= 4 is 57.0 Å². The number of aryl methyl sites for hydroxylation is 1. The van der Waals surface area contributed by atoms with E-state index in [2.05, 4.69) is 22.5 Å². The molecule has 31 heavy (non-hydrogen) atoms. The highest BCUT2D eigenvalue weighted by Crippen LogP contribution is 2.41. The third-order valence-corrected chi connectivity index (χ3v) is 6.15. The van der Waals surface area contributed by atoms with Crippen LogP contribution in [0.5, 0.6) is 0 Å². The molecule has 0 unspecified atom stereocenters. The van der Waals surface area contributed by atoms with Crippen molar-refractivity contribution in [2.75, 3.05) is 6.61 Å². The maximum absolute atomic E-state index is 12.6. The molecule has 0 bridgehead atoms. The lowest BCUT2D eigenvalue weighted by Gasteiger charge is -2.03. The van der Waals surface area contributed by atoms with E-state index in [-0.39, 0.29) is 17.9 Å². The van der Waals surface area contributed by atoms with Gasteiger partial charge in [0.1, 0.15) is 16.4 Å². The standard InChI is InChI=1S/C24H21ClN2O3S/c1-3-27-14-15(18-7-5-6-8-19(18)27)13-20-22(28)21(24(29)30-4-2)23(31-20)26-17-11-9-16(25)10-12-17/h5-14,28H,3-4H2,1-2H3/b20-13-,26-23?. The summed E-state index contributed by atoms with van der Waals surface area (Å²) in [5, 5.41) is 13.0. The normalized spacial score (nSPS) is 16.6. The number of hydrogen-bond donors (Lipinski definition) is 1. The van der Waals surface area contributed by atoms with Gasteiger partial charge in [-0.1, -0.05) is 41.6 Å². The molecule has 0 spiro atoms. The Kier molecular flexibility index (Phi) is 6.20. The van der Waals surface area contributed by atoms with E-state index in [0.717, 1.165) is 23.0 Å². The van der Waals surface area contributed by atoms with Crippen molar-refractivity contribution < 1.29 is 14.6 Å². The van der Waals surface area contributed by atoms with Crippen molar-refractivity contribution in [1.82, 2.24) is 4.57 Å². The topological polar surface area (TPSA) is 63.8 Å². The summed E-state index contributed by atoms with van der Waals surface area (Å²) in [7, 11) is 0. The van der Waals surface area contributed by atoms with Crippen molar-refractivity contribution in [2.24, 2.45) is 4.99 Å². The quantitative estimate of drug-likeness (QED) is 0.448. The van der Waals surface area contributed by atoms with E-state index in [1.807, 2.05) is 30.5 Å². The number of esters is 1. The largest absolute Gasteiger partial charge is 0.506 e. The number of rotatable bonds is 5. The second kappa shape index (κ2) is 9.04. The molecule has 2 aromatic carbocycles. The molecule has 2 heterocycles. The predicted octanol–water partition coefficient (Wildman–Crippen LogP) is 6.51. The van der Waals surface area contributed by atoms with Gasteiger partial charge in [-0.05, 0) is 50.3 Å². The molecule has 4 rings (SSSR count). The van der Waals surface area contributed by atoms with Gasteiger partial charge >= 0.3 is 5.97 Å². The number of nitrogens with zero attached hydrogens (tertiary/aromatic N) is 2. The number of ether oxygens (including phenoxy) is 1. The van der Waals surface area contributed by atoms with E-state index in [4.69, 9.17) is 16.3 Å². The van der Waals surface area contributed by atoms with Crippen molar-refractivity contribution in [1.29, 1.82) is 0 Å². The molecule has 158 valence electrons. The minimum atomic E-state index is -0.598. The molecule has 1 aliphatic rings. The number of aliphatic hydroxyl groups excluding tert-OH is 1. The van der Waals surface area contributed by atoms with Crippen molar-refractivity contribution in [3.8, 4) is 0 Å². The molecule has 7 heteroatoms. The number of aliphatic imine (C=N–C) groups is 1. The average Bonchev–Trinajstić information content (AvgIpc) is 3.27. The van der Waals surface area contributed by atoms with Crippen LogP contribution in [0.3, 0.4) is 0 Å².